The number of nitrogens with zero attached hydrogens (tertiary/aromatic N) is 1. The van der Waals surface area contributed by atoms with Crippen molar-refractivity contribution in [3.8, 4) is 0 Å². The van der Waals surface area contributed by atoms with Crippen LogP contribution in [-0.2, 0) is 4.74 Å². The summed E-state index contributed by atoms with van der Waals surface area (Å²) >= 11 is 1.70. The fourth-order valence-corrected chi connectivity index (χ4v) is 2.81. The minimum atomic E-state index is 0.0926. The highest BCUT2D eigenvalue weighted by Gasteiger charge is 2.28. The summed E-state index contributed by atoms with van der Waals surface area (Å²) < 4.78 is 5.54. The van der Waals surface area contributed by atoms with Gasteiger partial charge in [-0.15, -0.1) is 11.3 Å². The zero-order valence-corrected chi connectivity index (χ0v) is 11.3. The summed E-state index contributed by atoms with van der Waals surface area (Å²) in [5.74, 6) is 0.493. The van der Waals surface area contributed by atoms with Crippen LogP contribution in [-0.4, -0.2) is 12.1 Å². The SMILES string of the molecule is COC(c1nc(C(C)C)cs1)C(C)(C)C. The number of hydrogen-bond acceptors (Lipinski definition) is 3. The molecule has 0 bridgehead atoms. The molecule has 1 aromatic heterocycles. The fourth-order valence-electron chi connectivity index (χ4n) is 1.51. The quantitative estimate of drug-likeness (QED) is 0.778. The molecule has 0 aromatic carbocycles. The molecule has 0 fully saturated rings. The van der Waals surface area contributed by atoms with Gasteiger partial charge < -0.3 is 4.74 Å². The molecule has 0 aliphatic heterocycles. The van der Waals surface area contributed by atoms with Gasteiger partial charge in [0.2, 0.25) is 0 Å². The second-order valence-electron chi connectivity index (χ2n) is 5.25. The van der Waals surface area contributed by atoms with Crippen molar-refractivity contribution in [2.24, 2.45) is 5.41 Å². The van der Waals surface area contributed by atoms with Crippen molar-refractivity contribution >= 4 is 11.3 Å². The third kappa shape index (κ3) is 3.02. The number of thiazole rings is 1. The highest BCUT2D eigenvalue weighted by atomic mass is 32.1. The maximum Gasteiger partial charge on any atom is 0.122 e. The standard InChI is InChI=1S/C12H21NOS/c1-8(2)9-7-15-11(13-9)10(14-6)12(3,4)5/h7-8,10H,1-6H3. The van der Waals surface area contributed by atoms with Crippen LogP contribution in [0.4, 0.5) is 0 Å². The summed E-state index contributed by atoms with van der Waals surface area (Å²) in [6.45, 7) is 10.9. The first-order valence-corrected chi connectivity index (χ1v) is 6.22. The molecule has 2 nitrogen and oxygen atoms in total. The van der Waals surface area contributed by atoms with Crippen molar-refractivity contribution in [1.29, 1.82) is 0 Å². The second kappa shape index (κ2) is 4.62. The summed E-state index contributed by atoms with van der Waals surface area (Å²) in [5, 5.41) is 3.23. The molecular formula is C12H21NOS. The molecule has 3 heteroatoms. The van der Waals surface area contributed by atoms with Crippen LogP contribution in [0.3, 0.4) is 0 Å². The first-order valence-electron chi connectivity index (χ1n) is 5.34. The Hall–Kier alpha value is -0.410. The first kappa shape index (κ1) is 12.7. The van der Waals surface area contributed by atoms with Crippen molar-refractivity contribution in [3.05, 3.63) is 16.1 Å². The van der Waals surface area contributed by atoms with Gasteiger partial charge in [0.05, 0.1) is 5.69 Å². The number of aromatic nitrogens is 1. The minimum absolute atomic E-state index is 0.0926. The Morgan fingerprint density at radius 3 is 2.27 bits per heavy atom. The Morgan fingerprint density at radius 1 is 1.33 bits per heavy atom. The van der Waals surface area contributed by atoms with Gasteiger partial charge in [-0.25, -0.2) is 4.98 Å². The lowest BCUT2D eigenvalue weighted by atomic mass is 9.89. The minimum Gasteiger partial charge on any atom is -0.374 e. The molecule has 86 valence electrons. The van der Waals surface area contributed by atoms with Crippen LogP contribution in [0.2, 0.25) is 0 Å². The lowest BCUT2D eigenvalue weighted by molar-refractivity contribution is 0.0149. The van der Waals surface area contributed by atoms with E-state index in [1.807, 2.05) is 0 Å². The van der Waals surface area contributed by atoms with Crippen molar-refractivity contribution in [1.82, 2.24) is 4.98 Å². The molecule has 0 spiro atoms. The van der Waals surface area contributed by atoms with Crippen LogP contribution in [0.5, 0.6) is 0 Å². The molecule has 1 unspecified atom stereocenters. The van der Waals surface area contributed by atoms with Crippen LogP contribution >= 0.6 is 11.3 Å². The fraction of sp³-hybridized carbons (Fsp3) is 0.750. The third-order valence-electron chi connectivity index (χ3n) is 2.38. The average Bonchev–Trinajstić information content (AvgIpc) is 2.51. The maximum atomic E-state index is 5.54. The Balaban J connectivity index is 2.93. The average molecular weight is 227 g/mol. The van der Waals surface area contributed by atoms with E-state index < -0.39 is 0 Å². The van der Waals surface area contributed by atoms with Crippen LogP contribution in [0.15, 0.2) is 5.38 Å². The van der Waals surface area contributed by atoms with E-state index in [-0.39, 0.29) is 11.5 Å². The number of hydrogen-bond donors (Lipinski definition) is 0. The molecule has 0 saturated carbocycles. The van der Waals surface area contributed by atoms with Crippen molar-refractivity contribution in [3.63, 3.8) is 0 Å². The van der Waals surface area contributed by atoms with Gasteiger partial charge in [-0.1, -0.05) is 34.6 Å². The van der Waals surface area contributed by atoms with E-state index >= 15 is 0 Å². The number of rotatable bonds is 3. The Kier molecular flexibility index (Phi) is 3.90. The van der Waals surface area contributed by atoms with E-state index in [9.17, 15) is 0 Å². The van der Waals surface area contributed by atoms with Gasteiger partial charge in [-0.3, -0.25) is 0 Å². The molecule has 0 aliphatic carbocycles. The van der Waals surface area contributed by atoms with Gasteiger partial charge in [0.15, 0.2) is 0 Å². The topological polar surface area (TPSA) is 22.1 Å². The molecule has 1 heterocycles. The van der Waals surface area contributed by atoms with Gasteiger partial charge >= 0.3 is 0 Å². The molecular weight excluding hydrogens is 206 g/mol. The zero-order valence-electron chi connectivity index (χ0n) is 10.5. The monoisotopic (exact) mass is 227 g/mol. The molecule has 0 saturated heterocycles. The van der Waals surface area contributed by atoms with Gasteiger partial charge in [0.1, 0.15) is 11.1 Å². The molecule has 0 radical (unpaired) electrons. The zero-order chi connectivity index (χ0) is 11.6. The van der Waals surface area contributed by atoms with Crippen LogP contribution in [0, 0.1) is 5.41 Å². The molecule has 15 heavy (non-hydrogen) atoms. The Labute approximate surface area is 96.7 Å². The van der Waals surface area contributed by atoms with E-state index in [1.165, 1.54) is 5.69 Å². The lowest BCUT2D eigenvalue weighted by Gasteiger charge is -2.27. The van der Waals surface area contributed by atoms with Crippen molar-refractivity contribution in [2.75, 3.05) is 7.11 Å². The maximum absolute atomic E-state index is 5.54. The number of methoxy groups -OCH3 is 1. The predicted octanol–water partition coefficient (Wildman–Crippen LogP) is 4.00. The van der Waals surface area contributed by atoms with E-state index in [0.29, 0.717) is 5.92 Å². The lowest BCUT2D eigenvalue weighted by Crippen LogP contribution is -2.20. The van der Waals surface area contributed by atoms with Crippen molar-refractivity contribution < 1.29 is 4.74 Å². The van der Waals surface area contributed by atoms with Crippen LogP contribution in [0.25, 0.3) is 0 Å². The smallest absolute Gasteiger partial charge is 0.122 e. The van der Waals surface area contributed by atoms with Gasteiger partial charge in [0, 0.05) is 12.5 Å². The van der Waals surface area contributed by atoms with E-state index in [2.05, 4.69) is 45.0 Å². The second-order valence-corrected chi connectivity index (χ2v) is 6.14. The molecule has 0 amide bonds. The third-order valence-corrected chi connectivity index (χ3v) is 3.28. The van der Waals surface area contributed by atoms with Gasteiger partial charge in [-0.05, 0) is 11.3 Å². The molecule has 1 rings (SSSR count). The summed E-state index contributed by atoms with van der Waals surface area (Å²) in [4.78, 5) is 4.64. The van der Waals surface area contributed by atoms with Crippen molar-refractivity contribution in [2.45, 2.75) is 46.6 Å². The van der Waals surface area contributed by atoms with Crippen LogP contribution < -0.4 is 0 Å². The summed E-state index contributed by atoms with van der Waals surface area (Å²) in [5.41, 5.74) is 1.27. The van der Waals surface area contributed by atoms with E-state index in [0.717, 1.165) is 5.01 Å². The largest absolute Gasteiger partial charge is 0.374 e. The molecule has 1 aromatic rings. The van der Waals surface area contributed by atoms with E-state index in [1.54, 1.807) is 18.4 Å². The summed E-state index contributed by atoms with van der Waals surface area (Å²) in [7, 11) is 1.76. The van der Waals surface area contributed by atoms with Crippen LogP contribution in [0.1, 0.15) is 57.3 Å². The molecule has 0 aliphatic rings. The highest BCUT2D eigenvalue weighted by molar-refractivity contribution is 7.09. The highest BCUT2D eigenvalue weighted by Crippen LogP contribution is 2.37. The molecule has 1 atom stereocenters. The summed E-state index contributed by atoms with van der Waals surface area (Å²) in [6.07, 6.45) is 0.0926. The summed E-state index contributed by atoms with van der Waals surface area (Å²) in [6, 6.07) is 0. The Bertz CT molecular complexity index is 312. The first-order chi connectivity index (χ1) is 6.86. The van der Waals surface area contributed by atoms with E-state index in [4.69, 9.17) is 4.74 Å². The van der Waals surface area contributed by atoms with Gasteiger partial charge in [0.25, 0.3) is 0 Å². The normalized spacial score (nSPS) is 14.6. The Morgan fingerprint density at radius 2 is 1.93 bits per heavy atom. The molecule has 0 N–H and O–H groups in total. The van der Waals surface area contributed by atoms with Gasteiger partial charge in [-0.2, -0.15) is 0 Å². The number of ether oxygens (including phenoxy) is 1. The predicted molar refractivity (Wildman–Crippen MR) is 65.4 cm³/mol.